The second-order valence-electron chi connectivity index (χ2n) is 3.74. The number of rotatable bonds is 4. The molecule has 9 heteroatoms. The fraction of sp³-hybridized carbons (Fsp3) is 0.0833. The van der Waals surface area contributed by atoms with Gasteiger partial charge in [0.2, 0.25) is 11.7 Å². The number of ether oxygens (including phenoxy) is 2. The lowest BCUT2D eigenvalue weighted by atomic mass is 10.3. The second-order valence-corrected chi connectivity index (χ2v) is 4.65. The highest BCUT2D eigenvalue weighted by Gasteiger charge is 2.21. The minimum Gasteiger partial charge on any atom is -0.481 e. The second kappa shape index (κ2) is 6.00. The first-order valence-corrected chi connectivity index (χ1v) is 6.23. The summed E-state index contributed by atoms with van der Waals surface area (Å²) in [6, 6.07) is 4.37. The quantitative estimate of drug-likeness (QED) is 0.470. The maximum absolute atomic E-state index is 13.6. The molecule has 0 fully saturated rings. The zero-order valence-corrected chi connectivity index (χ0v) is 12.1. The van der Waals surface area contributed by atoms with Crippen LogP contribution in [-0.4, -0.2) is 17.0 Å². The van der Waals surface area contributed by atoms with Crippen molar-refractivity contribution in [2.24, 2.45) is 0 Å². The molecule has 0 saturated heterocycles. The Hall–Kier alpha value is -2.29. The molecule has 2 aromatic rings. The van der Waals surface area contributed by atoms with E-state index in [9.17, 15) is 18.9 Å². The number of nitrogens with zero attached hydrogens (tertiary/aromatic N) is 2. The Morgan fingerprint density at radius 2 is 2.05 bits per heavy atom. The van der Waals surface area contributed by atoms with E-state index in [2.05, 4.69) is 20.9 Å². The number of hydrogen-bond donors (Lipinski definition) is 0. The summed E-state index contributed by atoms with van der Waals surface area (Å²) in [5, 5.41) is 10.9. The highest BCUT2D eigenvalue weighted by Crippen LogP contribution is 2.34. The molecule has 0 aliphatic heterocycles. The van der Waals surface area contributed by atoms with Gasteiger partial charge in [0.1, 0.15) is 0 Å². The molecule has 1 aromatic heterocycles. The fourth-order valence-corrected chi connectivity index (χ4v) is 1.86. The van der Waals surface area contributed by atoms with Crippen molar-refractivity contribution in [3.05, 3.63) is 50.5 Å². The lowest BCUT2D eigenvalue weighted by Crippen LogP contribution is -2.00. The van der Waals surface area contributed by atoms with Crippen molar-refractivity contribution in [2.45, 2.75) is 0 Å². The minimum absolute atomic E-state index is 0.0338. The third kappa shape index (κ3) is 3.24. The largest absolute Gasteiger partial charge is 0.481 e. The van der Waals surface area contributed by atoms with Gasteiger partial charge in [-0.1, -0.05) is 15.9 Å². The Balaban J connectivity index is 2.50. The molecule has 0 bridgehead atoms. The van der Waals surface area contributed by atoms with E-state index >= 15 is 0 Å². The van der Waals surface area contributed by atoms with Crippen LogP contribution in [0.3, 0.4) is 0 Å². The van der Waals surface area contributed by atoms with E-state index in [-0.39, 0.29) is 10.4 Å². The predicted molar refractivity (Wildman–Crippen MR) is 71.6 cm³/mol. The van der Waals surface area contributed by atoms with Gasteiger partial charge in [0.05, 0.1) is 12.0 Å². The zero-order chi connectivity index (χ0) is 15.6. The molecule has 0 spiro atoms. The first-order valence-electron chi connectivity index (χ1n) is 5.44. The number of nitro groups is 1. The third-order valence-corrected chi connectivity index (χ3v) is 2.84. The Kier molecular flexibility index (Phi) is 4.32. The van der Waals surface area contributed by atoms with Crippen LogP contribution < -0.4 is 9.47 Å². The summed E-state index contributed by atoms with van der Waals surface area (Å²) in [7, 11) is 1.30. The monoisotopic (exact) mass is 360 g/mol. The molecular formula is C12H7BrF2N2O4. The first-order chi connectivity index (χ1) is 9.92. The summed E-state index contributed by atoms with van der Waals surface area (Å²) in [6.07, 6.45) is 0. The predicted octanol–water partition coefficient (Wildman–Crippen LogP) is 3.83. The number of hydrogen-bond acceptors (Lipinski definition) is 5. The molecule has 21 heavy (non-hydrogen) atoms. The third-order valence-electron chi connectivity index (χ3n) is 2.39. The van der Waals surface area contributed by atoms with Gasteiger partial charge in [-0.2, -0.15) is 9.37 Å². The Morgan fingerprint density at radius 3 is 2.67 bits per heavy atom. The molecule has 1 heterocycles. The molecule has 0 aliphatic rings. The maximum atomic E-state index is 13.6. The summed E-state index contributed by atoms with van der Waals surface area (Å²) in [4.78, 5) is 13.9. The molecule has 1 aromatic carbocycles. The van der Waals surface area contributed by atoms with Crippen LogP contribution >= 0.6 is 15.9 Å². The van der Waals surface area contributed by atoms with Crippen molar-refractivity contribution in [3.8, 4) is 17.5 Å². The number of pyridine rings is 1. The summed E-state index contributed by atoms with van der Waals surface area (Å²) < 4.78 is 37.0. The molecule has 0 aliphatic carbocycles. The van der Waals surface area contributed by atoms with Gasteiger partial charge in [-0.25, -0.2) is 4.39 Å². The SMILES string of the molecule is COc1ccc([N+](=O)[O-])c(Oc2cc(Br)cc(F)c2F)n1. The molecule has 0 radical (unpaired) electrons. The molecule has 0 saturated carbocycles. The van der Waals surface area contributed by atoms with Crippen molar-refractivity contribution in [1.82, 2.24) is 4.98 Å². The zero-order valence-electron chi connectivity index (χ0n) is 10.5. The van der Waals surface area contributed by atoms with E-state index in [1.54, 1.807) is 0 Å². The van der Waals surface area contributed by atoms with Crippen molar-refractivity contribution >= 4 is 21.6 Å². The Morgan fingerprint density at radius 1 is 1.33 bits per heavy atom. The summed E-state index contributed by atoms with van der Waals surface area (Å²) in [6.45, 7) is 0. The molecule has 6 nitrogen and oxygen atoms in total. The van der Waals surface area contributed by atoms with Crippen LogP contribution in [0.15, 0.2) is 28.7 Å². The van der Waals surface area contributed by atoms with Gasteiger partial charge >= 0.3 is 11.6 Å². The highest BCUT2D eigenvalue weighted by molar-refractivity contribution is 9.10. The van der Waals surface area contributed by atoms with Crippen LogP contribution in [0.4, 0.5) is 14.5 Å². The van der Waals surface area contributed by atoms with Gasteiger partial charge in [-0.15, -0.1) is 0 Å². The summed E-state index contributed by atoms with van der Waals surface area (Å²) in [5.74, 6) is -3.45. The Bertz CT molecular complexity index is 712. The van der Waals surface area contributed by atoms with Gasteiger partial charge < -0.3 is 9.47 Å². The molecule has 110 valence electrons. The van der Waals surface area contributed by atoms with Crippen LogP contribution in [0.25, 0.3) is 0 Å². The van der Waals surface area contributed by atoms with Crippen molar-refractivity contribution in [2.75, 3.05) is 7.11 Å². The van der Waals surface area contributed by atoms with Crippen molar-refractivity contribution in [1.29, 1.82) is 0 Å². The number of methoxy groups -OCH3 is 1. The normalized spacial score (nSPS) is 10.3. The van der Waals surface area contributed by atoms with E-state index < -0.39 is 33.9 Å². The van der Waals surface area contributed by atoms with Gasteiger partial charge in [0, 0.05) is 16.6 Å². The molecular weight excluding hydrogens is 354 g/mol. The van der Waals surface area contributed by atoms with E-state index in [0.29, 0.717) is 0 Å². The van der Waals surface area contributed by atoms with Gasteiger partial charge in [-0.3, -0.25) is 10.1 Å². The molecule has 0 unspecified atom stereocenters. The fourth-order valence-electron chi connectivity index (χ4n) is 1.45. The molecule has 2 rings (SSSR count). The molecule has 0 atom stereocenters. The van der Waals surface area contributed by atoms with E-state index in [1.165, 1.54) is 13.2 Å². The van der Waals surface area contributed by atoms with E-state index in [1.807, 2.05) is 0 Å². The molecule has 0 N–H and O–H groups in total. The average molecular weight is 361 g/mol. The van der Waals surface area contributed by atoms with Gasteiger partial charge in [0.25, 0.3) is 0 Å². The van der Waals surface area contributed by atoms with Gasteiger partial charge in [-0.05, 0) is 12.1 Å². The van der Waals surface area contributed by atoms with E-state index in [4.69, 9.17) is 9.47 Å². The maximum Gasteiger partial charge on any atom is 0.331 e. The van der Waals surface area contributed by atoms with Crippen LogP contribution in [-0.2, 0) is 0 Å². The van der Waals surface area contributed by atoms with Crippen LogP contribution in [0.2, 0.25) is 0 Å². The summed E-state index contributed by atoms with van der Waals surface area (Å²) in [5.41, 5.74) is -0.504. The van der Waals surface area contributed by atoms with Crippen LogP contribution in [0.1, 0.15) is 0 Å². The molecule has 0 amide bonds. The average Bonchev–Trinajstić information content (AvgIpc) is 2.43. The van der Waals surface area contributed by atoms with Crippen LogP contribution in [0.5, 0.6) is 17.5 Å². The van der Waals surface area contributed by atoms with Crippen molar-refractivity contribution in [3.63, 3.8) is 0 Å². The van der Waals surface area contributed by atoms with E-state index in [0.717, 1.165) is 18.2 Å². The lowest BCUT2D eigenvalue weighted by molar-refractivity contribution is -0.386. The summed E-state index contributed by atoms with van der Waals surface area (Å²) >= 11 is 2.97. The topological polar surface area (TPSA) is 74.5 Å². The number of halogens is 3. The lowest BCUT2D eigenvalue weighted by Gasteiger charge is -2.08. The number of benzene rings is 1. The smallest absolute Gasteiger partial charge is 0.331 e. The van der Waals surface area contributed by atoms with Gasteiger partial charge in [0.15, 0.2) is 11.6 Å². The highest BCUT2D eigenvalue weighted by atomic mass is 79.9. The standard InChI is InChI=1S/C12H7BrF2N2O4/c1-20-10-3-2-8(17(18)19)12(16-10)21-9-5-6(13)4-7(14)11(9)15/h2-5H,1H3. The van der Waals surface area contributed by atoms with Crippen LogP contribution in [0, 0.1) is 21.7 Å². The Labute approximate surface area is 125 Å². The first kappa shape index (κ1) is 15.1. The minimum atomic E-state index is -1.28. The number of aromatic nitrogens is 1. The van der Waals surface area contributed by atoms with Crippen molar-refractivity contribution < 1.29 is 23.2 Å².